The van der Waals surface area contributed by atoms with Crippen LogP contribution in [0.25, 0.3) is 0 Å². The van der Waals surface area contributed by atoms with Crippen LogP contribution >= 0.6 is 22.7 Å². The second kappa shape index (κ2) is 8.65. The van der Waals surface area contributed by atoms with E-state index < -0.39 is 0 Å². The lowest BCUT2D eigenvalue weighted by molar-refractivity contribution is -0.120. The van der Waals surface area contributed by atoms with Gasteiger partial charge in [0.05, 0.1) is 17.1 Å². The molecule has 0 bridgehead atoms. The fourth-order valence-corrected chi connectivity index (χ4v) is 5.39. The first-order valence-corrected chi connectivity index (χ1v) is 11.7. The van der Waals surface area contributed by atoms with Crippen LogP contribution in [0.5, 0.6) is 0 Å². The van der Waals surface area contributed by atoms with Gasteiger partial charge in [0.1, 0.15) is 4.88 Å². The molecule has 0 unspecified atom stereocenters. The zero-order chi connectivity index (χ0) is 21.3. The highest BCUT2D eigenvalue weighted by Gasteiger charge is 2.27. The molecule has 0 saturated heterocycles. The molecule has 0 radical (unpaired) electrons. The van der Waals surface area contributed by atoms with Gasteiger partial charge >= 0.3 is 0 Å². The number of aryl methyl sites for hydroxylation is 3. The van der Waals surface area contributed by atoms with Gasteiger partial charge in [-0.3, -0.25) is 14.6 Å². The Labute approximate surface area is 184 Å². The first-order chi connectivity index (χ1) is 14.4. The van der Waals surface area contributed by atoms with Gasteiger partial charge in [0.15, 0.2) is 0 Å². The molecule has 156 valence electrons. The Bertz CT molecular complexity index is 1090. The third-order valence-corrected chi connectivity index (χ3v) is 7.18. The number of carbonyl (C=O) groups excluding carboxylic acids is 2. The SMILES string of the molecule is Cc1nc(C)c(C(=O)N2CCc3c(cnc(C)c3CNC(=O)Cc3ccsc3)C2)s1. The smallest absolute Gasteiger partial charge is 0.266 e. The molecular weight excluding hydrogens is 416 g/mol. The number of fused-ring (bicyclic) bond motifs is 1. The normalized spacial score (nSPS) is 13.2. The van der Waals surface area contributed by atoms with Crippen molar-refractivity contribution in [3.8, 4) is 0 Å². The lowest BCUT2D eigenvalue weighted by Gasteiger charge is -2.30. The largest absolute Gasteiger partial charge is 0.352 e. The molecule has 8 heteroatoms. The van der Waals surface area contributed by atoms with Gasteiger partial charge in [-0.25, -0.2) is 4.98 Å². The maximum Gasteiger partial charge on any atom is 0.266 e. The van der Waals surface area contributed by atoms with Crippen LogP contribution < -0.4 is 5.32 Å². The molecule has 4 rings (SSSR count). The first-order valence-electron chi connectivity index (χ1n) is 9.89. The molecule has 2 amide bonds. The van der Waals surface area contributed by atoms with E-state index in [1.165, 1.54) is 16.9 Å². The summed E-state index contributed by atoms with van der Waals surface area (Å²) in [5.74, 6) is 0.0454. The summed E-state index contributed by atoms with van der Waals surface area (Å²) in [5, 5.41) is 7.92. The van der Waals surface area contributed by atoms with E-state index in [2.05, 4.69) is 15.3 Å². The van der Waals surface area contributed by atoms with E-state index in [-0.39, 0.29) is 11.8 Å². The van der Waals surface area contributed by atoms with E-state index in [4.69, 9.17) is 0 Å². The highest BCUT2D eigenvalue weighted by atomic mass is 32.1. The van der Waals surface area contributed by atoms with Crippen LogP contribution in [-0.4, -0.2) is 33.2 Å². The van der Waals surface area contributed by atoms with E-state index in [0.29, 0.717) is 26.1 Å². The number of pyridine rings is 1. The van der Waals surface area contributed by atoms with Crippen molar-refractivity contribution < 1.29 is 9.59 Å². The fraction of sp³-hybridized carbons (Fsp3) is 0.364. The number of nitrogens with zero attached hydrogens (tertiary/aromatic N) is 3. The summed E-state index contributed by atoms with van der Waals surface area (Å²) in [6.07, 6.45) is 3.02. The molecule has 1 aliphatic rings. The van der Waals surface area contributed by atoms with Gasteiger partial charge in [-0.05, 0) is 66.3 Å². The van der Waals surface area contributed by atoms with Crippen LogP contribution in [-0.2, 0) is 30.7 Å². The summed E-state index contributed by atoms with van der Waals surface area (Å²) >= 11 is 3.05. The topological polar surface area (TPSA) is 75.2 Å². The number of nitrogens with one attached hydrogen (secondary N) is 1. The standard InChI is InChI=1S/C22H24N4O2S2/c1-13-19(10-24-20(27)8-16-5-7-29-12-16)18-4-6-26(11-17(18)9-23-13)22(28)21-14(2)25-15(3)30-21/h5,7,9,12H,4,6,8,10-11H2,1-3H3,(H,24,27). The lowest BCUT2D eigenvalue weighted by atomic mass is 9.94. The molecule has 30 heavy (non-hydrogen) atoms. The van der Waals surface area contributed by atoms with Gasteiger partial charge in [-0.2, -0.15) is 11.3 Å². The minimum Gasteiger partial charge on any atom is -0.352 e. The molecular formula is C22H24N4O2S2. The Morgan fingerprint density at radius 1 is 1.23 bits per heavy atom. The number of thiazole rings is 1. The van der Waals surface area contributed by atoms with Crippen molar-refractivity contribution in [1.29, 1.82) is 0 Å². The van der Waals surface area contributed by atoms with Crippen LogP contribution in [0.1, 0.15) is 48.3 Å². The summed E-state index contributed by atoms with van der Waals surface area (Å²) in [7, 11) is 0. The predicted molar refractivity (Wildman–Crippen MR) is 119 cm³/mol. The van der Waals surface area contributed by atoms with Crippen molar-refractivity contribution in [3.63, 3.8) is 0 Å². The molecule has 3 aromatic heterocycles. The molecule has 0 aliphatic carbocycles. The molecule has 0 atom stereocenters. The Morgan fingerprint density at radius 2 is 2.07 bits per heavy atom. The number of rotatable bonds is 5. The van der Waals surface area contributed by atoms with Crippen molar-refractivity contribution in [2.24, 2.45) is 0 Å². The van der Waals surface area contributed by atoms with Crippen LogP contribution in [0, 0.1) is 20.8 Å². The van der Waals surface area contributed by atoms with Gasteiger partial charge in [0.2, 0.25) is 5.91 Å². The van der Waals surface area contributed by atoms with E-state index in [1.54, 1.807) is 11.3 Å². The van der Waals surface area contributed by atoms with Crippen LogP contribution in [0.15, 0.2) is 23.0 Å². The minimum absolute atomic E-state index is 0.00839. The average molecular weight is 441 g/mol. The maximum atomic E-state index is 13.0. The van der Waals surface area contributed by atoms with Gasteiger partial charge in [-0.15, -0.1) is 11.3 Å². The zero-order valence-corrected chi connectivity index (χ0v) is 19.0. The van der Waals surface area contributed by atoms with Gasteiger partial charge in [-0.1, -0.05) is 0 Å². The summed E-state index contributed by atoms with van der Waals surface area (Å²) in [6.45, 7) is 7.44. The highest BCUT2D eigenvalue weighted by Crippen LogP contribution is 2.27. The lowest BCUT2D eigenvalue weighted by Crippen LogP contribution is -2.37. The van der Waals surface area contributed by atoms with Crippen LogP contribution in [0.4, 0.5) is 0 Å². The number of amides is 2. The van der Waals surface area contributed by atoms with Crippen molar-refractivity contribution in [2.75, 3.05) is 6.54 Å². The molecule has 1 aliphatic heterocycles. The third-order valence-electron chi connectivity index (χ3n) is 5.39. The van der Waals surface area contributed by atoms with Crippen molar-refractivity contribution in [3.05, 3.63) is 66.5 Å². The van der Waals surface area contributed by atoms with Gasteiger partial charge in [0.25, 0.3) is 5.91 Å². The second-order valence-corrected chi connectivity index (χ2v) is 9.52. The monoisotopic (exact) mass is 440 g/mol. The zero-order valence-electron chi connectivity index (χ0n) is 17.3. The maximum absolute atomic E-state index is 13.0. The molecule has 3 aromatic rings. The van der Waals surface area contributed by atoms with E-state index in [0.717, 1.165) is 44.4 Å². The molecule has 0 aromatic carbocycles. The Balaban J connectivity index is 1.47. The fourth-order valence-electron chi connectivity index (χ4n) is 3.83. The summed E-state index contributed by atoms with van der Waals surface area (Å²) < 4.78 is 0. The number of aromatic nitrogens is 2. The molecule has 0 fully saturated rings. The number of hydrogen-bond donors (Lipinski definition) is 1. The summed E-state index contributed by atoms with van der Waals surface area (Å²) in [4.78, 5) is 36.8. The Hall–Kier alpha value is -2.58. The first kappa shape index (κ1) is 20.7. The number of hydrogen-bond acceptors (Lipinski definition) is 6. The molecule has 0 saturated carbocycles. The van der Waals surface area contributed by atoms with Crippen molar-refractivity contribution in [1.82, 2.24) is 20.2 Å². The van der Waals surface area contributed by atoms with Crippen molar-refractivity contribution in [2.45, 2.75) is 46.7 Å². The summed E-state index contributed by atoms with van der Waals surface area (Å²) in [6, 6.07) is 1.97. The predicted octanol–water partition coefficient (Wildman–Crippen LogP) is 3.58. The number of carbonyl (C=O) groups is 2. The quantitative estimate of drug-likeness (QED) is 0.658. The average Bonchev–Trinajstić information content (AvgIpc) is 3.35. The minimum atomic E-state index is 0.00839. The molecule has 0 spiro atoms. The van der Waals surface area contributed by atoms with Gasteiger partial charge in [0, 0.05) is 31.5 Å². The molecule has 4 heterocycles. The second-order valence-electron chi connectivity index (χ2n) is 7.54. The molecule has 1 N–H and O–H groups in total. The van der Waals surface area contributed by atoms with Gasteiger partial charge < -0.3 is 10.2 Å². The van der Waals surface area contributed by atoms with Crippen LogP contribution in [0.3, 0.4) is 0 Å². The molecule has 6 nitrogen and oxygen atoms in total. The third kappa shape index (κ3) is 4.29. The number of thiophene rings is 1. The van der Waals surface area contributed by atoms with Crippen LogP contribution in [0.2, 0.25) is 0 Å². The van der Waals surface area contributed by atoms with E-state index >= 15 is 0 Å². The Morgan fingerprint density at radius 3 is 2.77 bits per heavy atom. The van der Waals surface area contributed by atoms with Crippen molar-refractivity contribution >= 4 is 34.5 Å². The van der Waals surface area contributed by atoms with E-state index in [1.807, 2.05) is 48.7 Å². The highest BCUT2D eigenvalue weighted by molar-refractivity contribution is 7.13. The summed E-state index contributed by atoms with van der Waals surface area (Å²) in [5.41, 5.74) is 6.09. The van der Waals surface area contributed by atoms with E-state index in [9.17, 15) is 9.59 Å². The Kier molecular flexibility index (Phi) is 5.97.